The van der Waals surface area contributed by atoms with E-state index in [1.807, 2.05) is 0 Å². The van der Waals surface area contributed by atoms with Crippen LogP contribution in [0, 0.1) is 7.14 Å². The van der Waals surface area contributed by atoms with Gasteiger partial charge >= 0.3 is 344 Å². The summed E-state index contributed by atoms with van der Waals surface area (Å²) in [5.74, 6) is -95.5. The summed E-state index contributed by atoms with van der Waals surface area (Å²) in [5, 5.41) is -1.54. The van der Waals surface area contributed by atoms with Crippen molar-refractivity contribution in [3.05, 3.63) is 113 Å². The van der Waals surface area contributed by atoms with E-state index in [0.717, 1.165) is 24.3 Å². The third kappa shape index (κ3) is 7.01. The van der Waals surface area contributed by atoms with Crippen LogP contribution in [0.15, 0.2) is 103 Å². The fourth-order valence-electron chi connectivity index (χ4n) is 5.98. The Balaban J connectivity index is 1.45. The first-order valence-electron chi connectivity index (χ1n) is 17.4. The summed E-state index contributed by atoms with van der Waals surface area (Å²) < 4.78 is 338. The molecule has 0 aliphatic carbocycles. The summed E-state index contributed by atoms with van der Waals surface area (Å²) in [6.07, 6.45) is -8.20. The van der Waals surface area contributed by atoms with E-state index in [1.165, 1.54) is 48.5 Å². The van der Waals surface area contributed by atoms with Crippen LogP contribution in [-0.2, 0) is 7.86 Å². The van der Waals surface area contributed by atoms with E-state index in [-0.39, 0.29) is 33.1 Å². The van der Waals surface area contributed by atoms with E-state index in [1.54, 1.807) is 0 Å². The molecule has 0 amide bonds. The van der Waals surface area contributed by atoms with Crippen molar-refractivity contribution in [1.82, 2.24) is 0 Å². The molecule has 2 aromatic heterocycles. The molecule has 0 radical (unpaired) electrons. The monoisotopic (exact) mass is 1130 g/mol. The van der Waals surface area contributed by atoms with Crippen molar-refractivity contribution in [2.45, 2.75) is 65.4 Å². The van der Waals surface area contributed by atoms with Crippen LogP contribution >= 0.6 is 20.2 Å². The SMILES string of the molecule is O=C(OI(c1ccc2oc3ccccc3c(=O)c2c1)c1ccc2oc3ccccc3c(=O)c2c1)C(F)(F)C(F)(F)C(F)(F)C(F)(F)C(F)(F)C(F)(F)C(F)(F)C(F)(F)C(F)(F)C(F)(F)C(F)(F)F. The van der Waals surface area contributed by atoms with E-state index < -0.39 is 120 Å². The number of rotatable bonds is 13. The predicted octanol–water partition coefficient (Wildman–Crippen LogP) is 13.1. The second kappa shape index (κ2) is 15.7. The Bertz CT molecular complexity index is 2970. The molecule has 0 bridgehead atoms. The number of fused-ring (bicyclic) bond motifs is 4. The molecule has 4 aromatic carbocycles. The first kappa shape index (κ1) is 51.8. The predicted molar refractivity (Wildman–Crippen MR) is 193 cm³/mol. The summed E-state index contributed by atoms with van der Waals surface area (Å²) in [6.45, 7) is 0. The van der Waals surface area contributed by atoms with Gasteiger partial charge in [-0.3, -0.25) is 0 Å². The molecule has 0 saturated heterocycles. The maximum absolute atomic E-state index is 15.4. The van der Waals surface area contributed by atoms with Crippen LogP contribution in [0.5, 0.6) is 0 Å². The van der Waals surface area contributed by atoms with Gasteiger partial charge in [0.2, 0.25) is 0 Å². The number of halogens is 24. The van der Waals surface area contributed by atoms with E-state index in [2.05, 4.69) is 3.07 Å². The summed E-state index contributed by atoms with van der Waals surface area (Å²) in [7, 11) is 0. The van der Waals surface area contributed by atoms with Crippen LogP contribution in [0.3, 0.4) is 0 Å². The fourth-order valence-corrected chi connectivity index (χ4v) is 10.1. The Hall–Kier alpha value is -5.59. The minimum atomic E-state index is -9.63. The Labute approximate surface area is 365 Å². The summed E-state index contributed by atoms with van der Waals surface area (Å²) in [5.41, 5.74) is -2.82. The van der Waals surface area contributed by atoms with Crippen molar-refractivity contribution in [1.29, 1.82) is 0 Å². The molecule has 0 atom stereocenters. The zero-order valence-electron chi connectivity index (χ0n) is 31.6. The van der Waals surface area contributed by atoms with Gasteiger partial charge in [0, 0.05) is 0 Å². The average Bonchev–Trinajstić information content (AvgIpc) is 3.24. The Morgan fingerprint density at radius 3 is 1.01 bits per heavy atom. The Kier molecular flexibility index (Phi) is 12.0. The van der Waals surface area contributed by atoms with Crippen molar-refractivity contribution in [2.24, 2.45) is 0 Å². The van der Waals surface area contributed by atoms with Crippen LogP contribution in [0.2, 0.25) is 0 Å². The fraction of sp³-hybridized carbons (Fsp3) is 0.289. The van der Waals surface area contributed by atoms with Gasteiger partial charge < -0.3 is 0 Å². The molecule has 6 nitrogen and oxygen atoms in total. The zero-order valence-corrected chi connectivity index (χ0v) is 33.8. The average molecular weight is 1130 g/mol. The molecule has 68 heavy (non-hydrogen) atoms. The van der Waals surface area contributed by atoms with Gasteiger partial charge in [0.25, 0.3) is 0 Å². The molecule has 0 fully saturated rings. The summed E-state index contributed by atoms with van der Waals surface area (Å²) >= 11 is -5.18. The molecule has 0 N–H and O–H groups in total. The molecule has 0 unspecified atom stereocenters. The number of para-hydroxylation sites is 2. The number of carbonyl (C=O) groups is 1. The van der Waals surface area contributed by atoms with E-state index >= 15 is 17.6 Å². The molecule has 0 spiro atoms. The third-order valence-electron chi connectivity index (χ3n) is 9.78. The summed E-state index contributed by atoms with van der Waals surface area (Å²) in [4.78, 5) is 39.7. The second-order valence-corrected chi connectivity index (χ2v) is 18.3. The standard InChI is InChI=1S/C38H14F23IO6/c39-28(40,29(41,42)30(43,44)31(45,46)32(47,48)33(49,50)34(51,52)35(53,54)36(55,56)37(57,58)38(59,60)61)27(65)68-62(15-9-11-23-19(13-15)25(63)17-5-1-3-7-21(17)66-23)16-10-12-24-20(14-16)26(64)18-6-2-4-8-22(18)67-24/h1-14H. The van der Waals surface area contributed by atoms with Gasteiger partial charge in [-0.05, 0) is 0 Å². The van der Waals surface area contributed by atoms with Crippen LogP contribution < -0.4 is 10.9 Å². The first-order valence-corrected chi connectivity index (χ1v) is 20.4. The quantitative estimate of drug-likeness (QED) is 0.0651. The molecule has 6 aromatic rings. The van der Waals surface area contributed by atoms with Crippen molar-refractivity contribution in [3.63, 3.8) is 0 Å². The minimum absolute atomic E-state index is 0.0886. The molecule has 370 valence electrons. The zero-order chi connectivity index (χ0) is 51.6. The van der Waals surface area contributed by atoms with Crippen LogP contribution in [-0.4, -0.2) is 71.4 Å². The Morgan fingerprint density at radius 2 is 0.676 bits per heavy atom. The Morgan fingerprint density at radius 1 is 0.382 bits per heavy atom. The van der Waals surface area contributed by atoms with Gasteiger partial charge in [-0.15, -0.1) is 0 Å². The normalized spacial score (nSPS) is 14.8. The first-order chi connectivity index (χ1) is 30.7. The number of alkyl halides is 23. The van der Waals surface area contributed by atoms with Crippen molar-refractivity contribution in [3.8, 4) is 0 Å². The van der Waals surface area contributed by atoms with Crippen molar-refractivity contribution >= 4 is 70.1 Å². The molecule has 6 rings (SSSR count). The van der Waals surface area contributed by atoms with Crippen LogP contribution in [0.25, 0.3) is 43.9 Å². The second-order valence-electron chi connectivity index (χ2n) is 14.0. The van der Waals surface area contributed by atoms with Gasteiger partial charge in [-0.1, -0.05) is 0 Å². The third-order valence-corrected chi connectivity index (χ3v) is 14.2. The number of benzene rings is 4. The molecule has 0 saturated carbocycles. The minimum Gasteiger partial charge on any atom is -0.189 e. The smallest absolute Gasteiger partial charge is 0.189 e. The molecular weight excluding hydrogens is 1120 g/mol. The molecule has 0 aliphatic rings. The number of hydrogen-bond acceptors (Lipinski definition) is 6. The molecular formula is C38H14F23IO6. The molecule has 30 heteroatoms. The number of carbonyl (C=O) groups excluding carboxylic acids is 1. The molecule has 2 heterocycles. The van der Waals surface area contributed by atoms with E-state index in [4.69, 9.17) is 8.83 Å². The van der Waals surface area contributed by atoms with Gasteiger partial charge in [0.05, 0.1) is 0 Å². The van der Waals surface area contributed by atoms with Crippen molar-refractivity contribution < 1.29 is 118 Å². The van der Waals surface area contributed by atoms with Crippen molar-refractivity contribution in [2.75, 3.05) is 0 Å². The van der Waals surface area contributed by atoms with E-state index in [9.17, 15) is 97.8 Å². The van der Waals surface area contributed by atoms with E-state index in [0.29, 0.717) is 12.1 Å². The maximum atomic E-state index is 15.4. The topological polar surface area (TPSA) is 86.7 Å². The molecule has 0 aliphatic heterocycles. The number of hydrogen-bond donors (Lipinski definition) is 0. The van der Waals surface area contributed by atoms with Crippen LogP contribution in [0.4, 0.5) is 101 Å². The summed E-state index contributed by atoms with van der Waals surface area (Å²) in [6, 6.07) is 14.7. The van der Waals surface area contributed by atoms with Gasteiger partial charge in [0.15, 0.2) is 0 Å². The van der Waals surface area contributed by atoms with Gasteiger partial charge in [-0.2, -0.15) is 22.0 Å². The van der Waals surface area contributed by atoms with Gasteiger partial charge in [-0.25, -0.2) is 0 Å². The van der Waals surface area contributed by atoms with Gasteiger partial charge in [0.1, 0.15) is 0 Å². The van der Waals surface area contributed by atoms with Crippen LogP contribution in [0.1, 0.15) is 0 Å².